The molecular formula is C12H15ClN4S. The minimum absolute atomic E-state index is 0.0729. The SMILES string of the molecule is CC(N)Cc1c(Cl)cccc1Sc1ncnn1C. The second kappa shape index (κ2) is 5.73. The van der Waals surface area contributed by atoms with Crippen molar-refractivity contribution in [1.29, 1.82) is 0 Å². The lowest BCUT2D eigenvalue weighted by atomic mass is 10.1. The molecule has 1 aromatic heterocycles. The van der Waals surface area contributed by atoms with Crippen molar-refractivity contribution in [3.05, 3.63) is 35.1 Å². The van der Waals surface area contributed by atoms with Crippen LogP contribution in [0.5, 0.6) is 0 Å². The summed E-state index contributed by atoms with van der Waals surface area (Å²) < 4.78 is 1.74. The van der Waals surface area contributed by atoms with E-state index in [4.69, 9.17) is 17.3 Å². The van der Waals surface area contributed by atoms with E-state index in [2.05, 4.69) is 10.1 Å². The normalized spacial score (nSPS) is 12.7. The number of halogens is 1. The fraction of sp³-hybridized carbons (Fsp3) is 0.333. The molecule has 96 valence electrons. The lowest BCUT2D eigenvalue weighted by molar-refractivity contribution is 0.684. The summed E-state index contributed by atoms with van der Waals surface area (Å²) in [7, 11) is 1.87. The Morgan fingerprint density at radius 3 is 2.89 bits per heavy atom. The van der Waals surface area contributed by atoms with Crippen LogP contribution < -0.4 is 5.73 Å². The highest BCUT2D eigenvalue weighted by atomic mass is 35.5. The monoisotopic (exact) mass is 282 g/mol. The minimum Gasteiger partial charge on any atom is -0.328 e. The fourth-order valence-corrected chi connectivity index (χ4v) is 2.88. The van der Waals surface area contributed by atoms with Gasteiger partial charge in [0.25, 0.3) is 0 Å². The second-order valence-electron chi connectivity index (χ2n) is 4.17. The predicted molar refractivity (Wildman–Crippen MR) is 73.9 cm³/mol. The van der Waals surface area contributed by atoms with Gasteiger partial charge in [0, 0.05) is 23.0 Å². The van der Waals surface area contributed by atoms with E-state index >= 15 is 0 Å². The molecule has 2 N–H and O–H groups in total. The Morgan fingerprint density at radius 1 is 1.50 bits per heavy atom. The van der Waals surface area contributed by atoms with E-state index in [-0.39, 0.29) is 6.04 Å². The van der Waals surface area contributed by atoms with Crippen LogP contribution in [0, 0.1) is 0 Å². The molecule has 0 aliphatic carbocycles. The number of nitrogens with zero attached hydrogens (tertiary/aromatic N) is 3. The van der Waals surface area contributed by atoms with Crippen LogP contribution in [-0.4, -0.2) is 20.8 Å². The van der Waals surface area contributed by atoms with Crippen molar-refractivity contribution in [3.8, 4) is 0 Å². The zero-order chi connectivity index (χ0) is 13.1. The summed E-state index contributed by atoms with van der Waals surface area (Å²) in [4.78, 5) is 5.28. The zero-order valence-electron chi connectivity index (χ0n) is 10.3. The number of aromatic nitrogens is 3. The first-order valence-electron chi connectivity index (χ1n) is 5.62. The molecule has 0 aliphatic rings. The van der Waals surface area contributed by atoms with Crippen molar-refractivity contribution in [2.24, 2.45) is 12.8 Å². The Bertz CT molecular complexity index is 539. The molecule has 0 bridgehead atoms. The van der Waals surface area contributed by atoms with Gasteiger partial charge in [-0.15, -0.1) is 0 Å². The van der Waals surface area contributed by atoms with Crippen molar-refractivity contribution in [1.82, 2.24) is 14.8 Å². The second-order valence-corrected chi connectivity index (χ2v) is 5.58. The van der Waals surface area contributed by atoms with Crippen molar-refractivity contribution in [3.63, 3.8) is 0 Å². The van der Waals surface area contributed by atoms with Crippen LogP contribution in [0.25, 0.3) is 0 Å². The van der Waals surface area contributed by atoms with Gasteiger partial charge >= 0.3 is 0 Å². The molecule has 0 amide bonds. The van der Waals surface area contributed by atoms with Gasteiger partial charge in [-0.25, -0.2) is 9.67 Å². The molecule has 6 heteroatoms. The summed E-state index contributed by atoms with van der Waals surface area (Å²) in [6.45, 7) is 1.97. The largest absolute Gasteiger partial charge is 0.328 e. The Labute approximate surface area is 116 Å². The van der Waals surface area contributed by atoms with E-state index in [1.807, 2.05) is 32.2 Å². The van der Waals surface area contributed by atoms with Gasteiger partial charge < -0.3 is 5.73 Å². The molecule has 0 saturated heterocycles. The first-order chi connectivity index (χ1) is 8.58. The van der Waals surface area contributed by atoms with Gasteiger partial charge in [0.2, 0.25) is 0 Å². The number of nitrogens with two attached hydrogens (primary N) is 1. The molecular weight excluding hydrogens is 268 g/mol. The number of aryl methyl sites for hydroxylation is 1. The standard InChI is InChI=1S/C12H15ClN4S/c1-8(14)6-9-10(13)4-3-5-11(9)18-12-15-7-16-17(12)2/h3-5,7-8H,6,14H2,1-2H3. The first-order valence-corrected chi connectivity index (χ1v) is 6.82. The van der Waals surface area contributed by atoms with Crippen LogP contribution in [0.4, 0.5) is 0 Å². The summed E-state index contributed by atoms with van der Waals surface area (Å²) in [5.41, 5.74) is 6.94. The Hall–Kier alpha value is -1.04. The lowest BCUT2D eigenvalue weighted by Gasteiger charge is -2.12. The third-order valence-electron chi connectivity index (χ3n) is 2.47. The quantitative estimate of drug-likeness (QED) is 0.936. The molecule has 1 heterocycles. The van der Waals surface area contributed by atoms with Crippen molar-refractivity contribution in [2.75, 3.05) is 0 Å². The molecule has 2 aromatic rings. The van der Waals surface area contributed by atoms with Crippen LogP contribution >= 0.6 is 23.4 Å². The molecule has 4 nitrogen and oxygen atoms in total. The number of hydrogen-bond donors (Lipinski definition) is 1. The number of rotatable bonds is 4. The van der Waals surface area contributed by atoms with Crippen LogP contribution in [0.15, 0.2) is 34.6 Å². The number of hydrogen-bond acceptors (Lipinski definition) is 4. The third kappa shape index (κ3) is 3.04. The Kier molecular flexibility index (Phi) is 4.27. The maximum atomic E-state index is 6.24. The molecule has 1 aromatic carbocycles. The molecule has 0 saturated carbocycles. The van der Waals surface area contributed by atoms with Crippen LogP contribution in [0.3, 0.4) is 0 Å². The van der Waals surface area contributed by atoms with E-state index in [9.17, 15) is 0 Å². The van der Waals surface area contributed by atoms with Gasteiger partial charge in [0.05, 0.1) is 0 Å². The highest BCUT2D eigenvalue weighted by molar-refractivity contribution is 7.99. The van der Waals surface area contributed by atoms with Crippen LogP contribution in [0.2, 0.25) is 5.02 Å². The summed E-state index contributed by atoms with van der Waals surface area (Å²) in [5, 5.41) is 5.64. The average Bonchev–Trinajstić information content (AvgIpc) is 2.69. The van der Waals surface area contributed by atoms with Gasteiger partial charge in [-0.1, -0.05) is 17.7 Å². The Morgan fingerprint density at radius 2 is 2.28 bits per heavy atom. The molecule has 1 atom stereocenters. The molecule has 1 unspecified atom stereocenters. The fourth-order valence-electron chi connectivity index (χ4n) is 1.63. The highest BCUT2D eigenvalue weighted by Gasteiger charge is 2.12. The molecule has 18 heavy (non-hydrogen) atoms. The van der Waals surface area contributed by atoms with Gasteiger partial charge in [-0.3, -0.25) is 0 Å². The third-order valence-corrected chi connectivity index (χ3v) is 3.98. The molecule has 0 aliphatic heterocycles. The first kappa shape index (κ1) is 13.4. The average molecular weight is 283 g/mol. The van der Waals surface area contributed by atoms with Crippen LogP contribution in [0.1, 0.15) is 12.5 Å². The summed E-state index contributed by atoms with van der Waals surface area (Å²) in [6.07, 6.45) is 2.29. The van der Waals surface area contributed by atoms with E-state index < -0.39 is 0 Å². The minimum atomic E-state index is 0.0729. The van der Waals surface area contributed by atoms with Crippen LogP contribution in [-0.2, 0) is 13.5 Å². The summed E-state index contributed by atoms with van der Waals surface area (Å²) in [6, 6.07) is 5.93. The summed E-state index contributed by atoms with van der Waals surface area (Å²) in [5.74, 6) is 0. The van der Waals surface area contributed by atoms with Gasteiger partial charge in [0.1, 0.15) is 6.33 Å². The van der Waals surface area contributed by atoms with Gasteiger partial charge in [0.15, 0.2) is 5.16 Å². The predicted octanol–water partition coefficient (Wildman–Crippen LogP) is 2.51. The summed E-state index contributed by atoms with van der Waals surface area (Å²) >= 11 is 7.79. The van der Waals surface area contributed by atoms with E-state index in [1.165, 1.54) is 6.33 Å². The molecule has 0 radical (unpaired) electrons. The maximum absolute atomic E-state index is 6.24. The van der Waals surface area contributed by atoms with E-state index in [0.717, 1.165) is 27.1 Å². The van der Waals surface area contributed by atoms with Gasteiger partial charge in [-0.05, 0) is 42.8 Å². The van der Waals surface area contributed by atoms with E-state index in [0.29, 0.717) is 0 Å². The van der Waals surface area contributed by atoms with E-state index in [1.54, 1.807) is 16.4 Å². The molecule has 0 fully saturated rings. The Balaban J connectivity index is 2.32. The smallest absolute Gasteiger partial charge is 0.190 e. The molecule has 2 rings (SSSR count). The van der Waals surface area contributed by atoms with Gasteiger partial charge in [-0.2, -0.15) is 5.10 Å². The highest BCUT2D eigenvalue weighted by Crippen LogP contribution is 2.33. The maximum Gasteiger partial charge on any atom is 0.190 e. The number of benzene rings is 1. The molecule has 0 spiro atoms. The lowest BCUT2D eigenvalue weighted by Crippen LogP contribution is -2.18. The topological polar surface area (TPSA) is 56.7 Å². The zero-order valence-corrected chi connectivity index (χ0v) is 11.9. The van der Waals surface area contributed by atoms with Crippen molar-refractivity contribution in [2.45, 2.75) is 29.4 Å². The van der Waals surface area contributed by atoms with Crippen molar-refractivity contribution < 1.29 is 0 Å². The van der Waals surface area contributed by atoms with Crippen molar-refractivity contribution >= 4 is 23.4 Å².